The van der Waals surface area contributed by atoms with E-state index in [1.807, 2.05) is 58.0 Å². The molecule has 8 nitrogen and oxygen atoms in total. The Kier molecular flexibility index (Phi) is 11.3. The van der Waals surface area contributed by atoms with E-state index in [4.69, 9.17) is 4.74 Å². The number of halogens is 1. The maximum atomic E-state index is 14.0. The fourth-order valence-corrected chi connectivity index (χ4v) is 5.83. The fourth-order valence-electron chi connectivity index (χ4n) is 4.41. The van der Waals surface area contributed by atoms with E-state index in [2.05, 4.69) is 5.32 Å². The van der Waals surface area contributed by atoms with E-state index in [1.165, 1.54) is 41.3 Å². The molecule has 0 unspecified atom stereocenters. The van der Waals surface area contributed by atoms with Crippen LogP contribution in [0.15, 0.2) is 83.8 Å². The van der Waals surface area contributed by atoms with Gasteiger partial charge in [0.05, 0.1) is 17.2 Å². The van der Waals surface area contributed by atoms with Gasteiger partial charge in [0.15, 0.2) is 0 Å². The molecule has 0 aliphatic carbocycles. The first kappa shape index (κ1) is 31.6. The summed E-state index contributed by atoms with van der Waals surface area (Å²) in [6, 6.07) is 19.4. The van der Waals surface area contributed by atoms with Gasteiger partial charge >= 0.3 is 0 Å². The van der Waals surface area contributed by atoms with Crippen molar-refractivity contribution in [2.45, 2.75) is 57.5 Å². The van der Waals surface area contributed by atoms with Gasteiger partial charge in [-0.15, -0.1) is 0 Å². The topological polar surface area (TPSA) is 96.0 Å². The largest absolute Gasteiger partial charge is 0.494 e. The molecule has 10 heteroatoms. The second-order valence-electron chi connectivity index (χ2n) is 9.80. The van der Waals surface area contributed by atoms with Gasteiger partial charge in [-0.05, 0) is 87.7 Å². The first-order chi connectivity index (χ1) is 19.6. The van der Waals surface area contributed by atoms with Gasteiger partial charge in [-0.3, -0.25) is 13.9 Å². The Hall–Kier alpha value is -3.92. The molecule has 0 spiro atoms. The molecule has 3 aromatic carbocycles. The van der Waals surface area contributed by atoms with Gasteiger partial charge in [-0.25, -0.2) is 12.8 Å². The predicted octanol–water partition coefficient (Wildman–Crippen LogP) is 4.79. The van der Waals surface area contributed by atoms with Crippen LogP contribution in [0.5, 0.6) is 5.75 Å². The molecular weight excluding hydrogens is 545 g/mol. The number of benzene rings is 3. The molecule has 0 radical (unpaired) electrons. The minimum Gasteiger partial charge on any atom is -0.494 e. The summed E-state index contributed by atoms with van der Waals surface area (Å²) in [4.78, 5) is 28.5. The van der Waals surface area contributed by atoms with Crippen molar-refractivity contribution >= 4 is 27.5 Å². The number of hydrogen-bond donors (Lipinski definition) is 1. The van der Waals surface area contributed by atoms with Crippen molar-refractivity contribution in [1.29, 1.82) is 0 Å². The highest BCUT2D eigenvalue weighted by molar-refractivity contribution is 7.92. The zero-order valence-corrected chi connectivity index (χ0v) is 24.7. The summed E-state index contributed by atoms with van der Waals surface area (Å²) in [6.07, 6.45) is 0.807. The standard InChI is InChI=1S/C31H38FN3O5S/c1-5-29(31(37)33-23(3)4)34(21-20-24-10-8-7-9-11-24)30(36)22-35(26-14-12-25(32)13-15-26)41(38,39)28-18-16-27(17-19-28)40-6-2/h7-19,23,29H,5-6,20-22H2,1-4H3,(H,33,37)/t29-/m0/s1. The van der Waals surface area contributed by atoms with Crippen molar-refractivity contribution in [2.75, 3.05) is 24.0 Å². The molecule has 41 heavy (non-hydrogen) atoms. The molecule has 3 rings (SSSR count). The van der Waals surface area contributed by atoms with E-state index in [0.29, 0.717) is 25.2 Å². The number of amides is 2. The lowest BCUT2D eigenvalue weighted by atomic mass is 10.1. The summed E-state index contributed by atoms with van der Waals surface area (Å²) in [5.41, 5.74) is 1.10. The third-order valence-corrected chi connectivity index (χ3v) is 8.21. The Morgan fingerprint density at radius 1 is 0.927 bits per heavy atom. The molecular formula is C31H38FN3O5S. The van der Waals surface area contributed by atoms with Crippen LogP contribution in [0.2, 0.25) is 0 Å². The van der Waals surface area contributed by atoms with E-state index in [1.54, 1.807) is 0 Å². The summed E-state index contributed by atoms with van der Waals surface area (Å²) in [6.45, 7) is 7.34. The molecule has 1 N–H and O–H groups in total. The number of rotatable bonds is 14. The van der Waals surface area contributed by atoms with Crippen LogP contribution in [0.25, 0.3) is 0 Å². The Balaban J connectivity index is 2.00. The van der Waals surface area contributed by atoms with Crippen molar-refractivity contribution in [3.63, 3.8) is 0 Å². The molecule has 0 aliphatic rings. The van der Waals surface area contributed by atoms with E-state index >= 15 is 0 Å². The van der Waals surface area contributed by atoms with Crippen LogP contribution in [-0.2, 0) is 26.0 Å². The van der Waals surface area contributed by atoms with Gasteiger partial charge in [0, 0.05) is 12.6 Å². The Morgan fingerprint density at radius 3 is 2.12 bits per heavy atom. The number of nitrogens with zero attached hydrogens (tertiary/aromatic N) is 2. The Morgan fingerprint density at radius 2 is 1.56 bits per heavy atom. The monoisotopic (exact) mass is 583 g/mol. The van der Waals surface area contributed by atoms with Crippen molar-refractivity contribution in [3.8, 4) is 5.75 Å². The van der Waals surface area contributed by atoms with Crippen molar-refractivity contribution in [2.24, 2.45) is 0 Å². The minimum atomic E-state index is -4.26. The third-order valence-electron chi connectivity index (χ3n) is 6.42. The number of carbonyl (C=O) groups excluding carboxylic acids is 2. The maximum absolute atomic E-state index is 14.0. The van der Waals surface area contributed by atoms with E-state index in [9.17, 15) is 22.4 Å². The maximum Gasteiger partial charge on any atom is 0.264 e. The van der Waals surface area contributed by atoms with Gasteiger partial charge in [0.2, 0.25) is 11.8 Å². The molecule has 220 valence electrons. The molecule has 0 heterocycles. The number of nitrogens with one attached hydrogen (secondary N) is 1. The van der Waals surface area contributed by atoms with Gasteiger partial charge in [0.1, 0.15) is 24.2 Å². The number of hydrogen-bond acceptors (Lipinski definition) is 5. The van der Waals surface area contributed by atoms with Crippen LogP contribution in [0, 0.1) is 5.82 Å². The number of anilines is 1. The summed E-state index contributed by atoms with van der Waals surface area (Å²) in [5.74, 6) is -0.901. The van der Waals surface area contributed by atoms with E-state index in [-0.39, 0.29) is 29.1 Å². The molecule has 0 fully saturated rings. The second kappa shape index (κ2) is 14.6. The van der Waals surface area contributed by atoms with Crippen LogP contribution in [-0.4, -0.2) is 56.9 Å². The normalized spacial score (nSPS) is 12.0. The van der Waals surface area contributed by atoms with E-state index < -0.39 is 34.3 Å². The predicted molar refractivity (Wildman–Crippen MR) is 158 cm³/mol. The number of sulfonamides is 1. The van der Waals surface area contributed by atoms with E-state index in [0.717, 1.165) is 22.0 Å². The van der Waals surface area contributed by atoms with Gasteiger partial charge < -0.3 is 15.0 Å². The van der Waals surface area contributed by atoms with Crippen LogP contribution in [0.1, 0.15) is 39.7 Å². The van der Waals surface area contributed by atoms with Gasteiger partial charge in [-0.1, -0.05) is 37.3 Å². The highest BCUT2D eigenvalue weighted by Gasteiger charge is 2.33. The lowest BCUT2D eigenvalue weighted by Crippen LogP contribution is -2.54. The average Bonchev–Trinajstić information content (AvgIpc) is 2.95. The Bertz CT molecular complexity index is 1380. The van der Waals surface area contributed by atoms with Crippen LogP contribution >= 0.6 is 0 Å². The molecule has 2 amide bonds. The highest BCUT2D eigenvalue weighted by Crippen LogP contribution is 2.26. The molecule has 1 atom stereocenters. The number of ether oxygens (including phenoxy) is 1. The minimum absolute atomic E-state index is 0.0569. The van der Waals surface area contributed by atoms with Crippen molar-refractivity contribution in [1.82, 2.24) is 10.2 Å². The zero-order valence-electron chi connectivity index (χ0n) is 23.9. The van der Waals surface area contributed by atoms with Crippen molar-refractivity contribution < 1.29 is 27.1 Å². The SMILES string of the molecule is CCOc1ccc(S(=O)(=O)N(CC(=O)N(CCc2ccccc2)[C@@H](CC)C(=O)NC(C)C)c2ccc(F)cc2)cc1. The average molecular weight is 584 g/mol. The third kappa shape index (κ3) is 8.53. The zero-order chi connectivity index (χ0) is 30.0. The molecule has 0 saturated carbocycles. The Labute approximate surface area is 242 Å². The summed E-state index contributed by atoms with van der Waals surface area (Å²) in [5, 5.41) is 2.87. The molecule has 0 saturated heterocycles. The highest BCUT2D eigenvalue weighted by atomic mass is 32.2. The quantitative estimate of drug-likeness (QED) is 0.294. The fraction of sp³-hybridized carbons (Fsp3) is 0.355. The van der Waals surface area contributed by atoms with Crippen molar-refractivity contribution in [3.05, 3.63) is 90.2 Å². The lowest BCUT2D eigenvalue weighted by molar-refractivity contribution is -0.139. The van der Waals surface area contributed by atoms with Crippen LogP contribution in [0.3, 0.4) is 0 Å². The van der Waals surface area contributed by atoms with Gasteiger partial charge in [-0.2, -0.15) is 0 Å². The molecule has 0 aromatic heterocycles. The van der Waals surface area contributed by atoms with Gasteiger partial charge in [0.25, 0.3) is 10.0 Å². The molecule has 0 bridgehead atoms. The molecule has 3 aromatic rings. The first-order valence-corrected chi connectivity index (χ1v) is 15.2. The second-order valence-corrected chi connectivity index (χ2v) is 11.7. The smallest absolute Gasteiger partial charge is 0.264 e. The molecule has 0 aliphatic heterocycles. The first-order valence-electron chi connectivity index (χ1n) is 13.7. The lowest BCUT2D eigenvalue weighted by Gasteiger charge is -2.33. The summed E-state index contributed by atoms with van der Waals surface area (Å²) in [7, 11) is -4.26. The van der Waals surface area contributed by atoms with Crippen LogP contribution in [0.4, 0.5) is 10.1 Å². The van der Waals surface area contributed by atoms with Crippen LogP contribution < -0.4 is 14.4 Å². The number of carbonyl (C=O) groups is 2. The summed E-state index contributed by atoms with van der Waals surface area (Å²) >= 11 is 0. The summed E-state index contributed by atoms with van der Waals surface area (Å²) < 4.78 is 47.9.